The molecular formula is C17H22Cl2FN3OS. The Bertz CT molecular complexity index is 706. The predicted molar refractivity (Wildman–Crippen MR) is 103 cm³/mol. The van der Waals surface area contributed by atoms with Gasteiger partial charge >= 0.3 is 0 Å². The van der Waals surface area contributed by atoms with Gasteiger partial charge in [0.15, 0.2) is 0 Å². The number of carbonyl (C=O) groups excluding carboxylic acids is 1. The normalized spacial score (nSPS) is 15.5. The lowest BCUT2D eigenvalue weighted by atomic mass is 9.96. The molecule has 138 valence electrons. The number of hydrogen-bond acceptors (Lipinski definition) is 4. The maximum atomic E-state index is 12.9. The Hall–Kier alpha value is -1.21. The number of nitrogens with zero attached hydrogens (tertiary/aromatic N) is 1. The molecule has 0 radical (unpaired) electrons. The summed E-state index contributed by atoms with van der Waals surface area (Å²) in [4.78, 5) is 16.8. The highest BCUT2D eigenvalue weighted by Gasteiger charge is 2.41. The minimum Gasteiger partial charge on any atom is -0.344 e. The number of nitrogens with one attached hydrogen (secondary N) is 1. The Morgan fingerprint density at radius 1 is 1.36 bits per heavy atom. The summed E-state index contributed by atoms with van der Waals surface area (Å²) in [5, 5.41) is 5.63. The number of aromatic nitrogens is 1. The van der Waals surface area contributed by atoms with Crippen LogP contribution < -0.4 is 11.1 Å². The van der Waals surface area contributed by atoms with E-state index in [1.165, 1.54) is 23.5 Å². The van der Waals surface area contributed by atoms with Gasteiger partial charge in [0.05, 0.1) is 10.5 Å². The van der Waals surface area contributed by atoms with E-state index in [2.05, 4.69) is 10.3 Å². The van der Waals surface area contributed by atoms with Gasteiger partial charge in [0.1, 0.15) is 11.5 Å². The minimum atomic E-state index is -0.349. The molecule has 2 aromatic rings. The van der Waals surface area contributed by atoms with Gasteiger partial charge in [-0.1, -0.05) is 12.1 Å². The van der Waals surface area contributed by atoms with Crippen LogP contribution in [0.5, 0.6) is 0 Å². The zero-order chi connectivity index (χ0) is 16.4. The van der Waals surface area contributed by atoms with Gasteiger partial charge in [-0.2, -0.15) is 0 Å². The van der Waals surface area contributed by atoms with Gasteiger partial charge in [0.25, 0.3) is 5.91 Å². The van der Waals surface area contributed by atoms with Gasteiger partial charge in [-0.05, 0) is 43.4 Å². The van der Waals surface area contributed by atoms with E-state index >= 15 is 0 Å². The zero-order valence-electron chi connectivity index (χ0n) is 13.8. The summed E-state index contributed by atoms with van der Waals surface area (Å²) < 4.78 is 12.9. The fourth-order valence-corrected chi connectivity index (χ4v) is 3.45. The minimum absolute atomic E-state index is 0. The maximum absolute atomic E-state index is 12.9. The van der Waals surface area contributed by atoms with Crippen molar-refractivity contribution >= 4 is 42.1 Å². The second-order valence-electron chi connectivity index (χ2n) is 6.28. The number of rotatable bonds is 6. The Kier molecular flexibility index (Phi) is 7.81. The molecule has 1 heterocycles. The smallest absolute Gasteiger partial charge is 0.271 e. The fourth-order valence-electron chi connectivity index (χ4n) is 2.64. The molecule has 1 aliphatic rings. The number of hydrogen-bond donors (Lipinski definition) is 2. The van der Waals surface area contributed by atoms with E-state index in [0.717, 1.165) is 23.4 Å². The van der Waals surface area contributed by atoms with Crippen molar-refractivity contribution in [3.8, 4) is 0 Å². The quantitative estimate of drug-likeness (QED) is 0.771. The highest BCUT2D eigenvalue weighted by molar-refractivity contribution is 7.09. The summed E-state index contributed by atoms with van der Waals surface area (Å²) in [7, 11) is 0. The summed E-state index contributed by atoms with van der Waals surface area (Å²) in [6, 6.07) is 6.32. The number of amides is 1. The van der Waals surface area contributed by atoms with E-state index in [1.807, 2.05) is 6.92 Å². The lowest BCUT2D eigenvalue weighted by molar-refractivity contribution is 0.0893. The van der Waals surface area contributed by atoms with E-state index in [9.17, 15) is 9.18 Å². The molecule has 1 atom stereocenters. The van der Waals surface area contributed by atoms with Crippen molar-refractivity contribution in [1.29, 1.82) is 0 Å². The highest BCUT2D eigenvalue weighted by Crippen LogP contribution is 2.39. The first-order chi connectivity index (χ1) is 11.0. The van der Waals surface area contributed by atoms with Crippen molar-refractivity contribution in [2.45, 2.75) is 31.7 Å². The number of carbonyl (C=O) groups is 1. The van der Waals surface area contributed by atoms with Crippen LogP contribution in [0, 0.1) is 11.7 Å². The van der Waals surface area contributed by atoms with E-state index in [1.54, 1.807) is 17.5 Å². The third-order valence-corrected chi connectivity index (χ3v) is 5.20. The van der Waals surface area contributed by atoms with Crippen molar-refractivity contribution < 1.29 is 9.18 Å². The number of halogens is 3. The molecule has 0 bridgehead atoms. The Labute approximate surface area is 163 Å². The van der Waals surface area contributed by atoms with Gasteiger partial charge in [-0.25, -0.2) is 9.37 Å². The largest absolute Gasteiger partial charge is 0.344 e. The van der Waals surface area contributed by atoms with Crippen molar-refractivity contribution in [3.63, 3.8) is 0 Å². The summed E-state index contributed by atoms with van der Waals surface area (Å²) in [6.07, 6.45) is 2.82. The summed E-state index contributed by atoms with van der Waals surface area (Å²) in [5.74, 6) is 0.0364. The fraction of sp³-hybridized carbons (Fsp3) is 0.412. The van der Waals surface area contributed by atoms with E-state index in [0.29, 0.717) is 24.6 Å². The molecule has 1 aliphatic carbocycles. The Balaban J connectivity index is 0.00000156. The summed E-state index contributed by atoms with van der Waals surface area (Å²) in [6.45, 7) is 2.42. The van der Waals surface area contributed by atoms with E-state index in [-0.39, 0.29) is 42.1 Å². The molecule has 1 fully saturated rings. The molecule has 3 rings (SSSR count). The average Bonchev–Trinajstić information content (AvgIpc) is 3.30. The molecule has 4 nitrogen and oxygen atoms in total. The number of thiazole rings is 1. The molecule has 1 aromatic heterocycles. The van der Waals surface area contributed by atoms with Crippen LogP contribution >= 0.6 is 36.2 Å². The first-order valence-corrected chi connectivity index (χ1v) is 8.59. The maximum Gasteiger partial charge on any atom is 0.271 e. The Morgan fingerprint density at radius 3 is 2.56 bits per heavy atom. The second-order valence-corrected chi connectivity index (χ2v) is 7.22. The van der Waals surface area contributed by atoms with Crippen molar-refractivity contribution in [2.75, 3.05) is 6.54 Å². The van der Waals surface area contributed by atoms with Gasteiger partial charge in [-0.15, -0.1) is 36.2 Å². The van der Waals surface area contributed by atoms with Gasteiger partial charge in [-0.3, -0.25) is 4.79 Å². The third-order valence-electron chi connectivity index (χ3n) is 4.35. The first kappa shape index (κ1) is 21.8. The lowest BCUT2D eigenvalue weighted by Gasteiger charge is -2.29. The Morgan fingerprint density at radius 2 is 2.00 bits per heavy atom. The molecule has 8 heteroatoms. The first-order valence-electron chi connectivity index (χ1n) is 7.71. The average molecular weight is 406 g/mol. The van der Waals surface area contributed by atoms with Crippen LogP contribution in [0.15, 0.2) is 29.6 Å². The van der Waals surface area contributed by atoms with Crippen molar-refractivity contribution in [2.24, 2.45) is 11.7 Å². The van der Waals surface area contributed by atoms with Crippen LogP contribution in [0.1, 0.15) is 40.8 Å². The lowest BCUT2D eigenvalue weighted by Crippen LogP contribution is -2.53. The molecule has 25 heavy (non-hydrogen) atoms. The molecule has 0 aliphatic heterocycles. The molecular weight excluding hydrogens is 384 g/mol. The zero-order valence-corrected chi connectivity index (χ0v) is 16.3. The van der Waals surface area contributed by atoms with E-state index < -0.39 is 0 Å². The second kappa shape index (κ2) is 8.94. The SMILES string of the molecule is CC(CN)(NC(=O)c1csc(Cc2ccc(F)cc2)n1)C1CC1.Cl.Cl. The summed E-state index contributed by atoms with van der Waals surface area (Å²) in [5.41, 5.74) is 6.87. The molecule has 1 saturated carbocycles. The van der Waals surface area contributed by atoms with Crippen molar-refractivity contribution in [3.05, 3.63) is 51.7 Å². The number of benzene rings is 1. The molecule has 1 aromatic carbocycles. The van der Waals surface area contributed by atoms with E-state index in [4.69, 9.17) is 5.73 Å². The van der Waals surface area contributed by atoms with Crippen molar-refractivity contribution in [1.82, 2.24) is 10.3 Å². The van der Waals surface area contributed by atoms with Crippen LogP contribution in [0.4, 0.5) is 4.39 Å². The standard InChI is InChI=1S/C17H20FN3OS.2ClH/c1-17(10-19,12-4-5-12)21-16(22)14-9-23-15(20-14)8-11-2-6-13(18)7-3-11;;/h2-3,6-7,9,12H,4-5,8,10,19H2,1H3,(H,21,22);2*1H. The van der Waals surface area contributed by atoms with Crippen LogP contribution in [0.25, 0.3) is 0 Å². The van der Waals surface area contributed by atoms with Crippen LogP contribution in [-0.4, -0.2) is 23.0 Å². The monoisotopic (exact) mass is 405 g/mol. The van der Waals surface area contributed by atoms with Gasteiger partial charge in [0.2, 0.25) is 0 Å². The number of nitrogens with two attached hydrogens (primary N) is 1. The van der Waals surface area contributed by atoms with Gasteiger partial charge in [0, 0.05) is 18.3 Å². The summed E-state index contributed by atoms with van der Waals surface area (Å²) >= 11 is 1.44. The van der Waals surface area contributed by atoms with Crippen LogP contribution in [-0.2, 0) is 6.42 Å². The third kappa shape index (κ3) is 5.38. The highest BCUT2D eigenvalue weighted by atomic mass is 35.5. The molecule has 0 saturated heterocycles. The molecule has 1 unspecified atom stereocenters. The van der Waals surface area contributed by atoms with Crippen LogP contribution in [0.3, 0.4) is 0 Å². The molecule has 3 N–H and O–H groups in total. The van der Waals surface area contributed by atoms with Gasteiger partial charge < -0.3 is 11.1 Å². The molecule has 0 spiro atoms. The van der Waals surface area contributed by atoms with Crippen LogP contribution in [0.2, 0.25) is 0 Å². The predicted octanol–water partition coefficient (Wildman–Crippen LogP) is 3.57. The molecule has 1 amide bonds. The topological polar surface area (TPSA) is 68.0 Å².